The predicted molar refractivity (Wildman–Crippen MR) is 118 cm³/mol. The number of hydrogen-bond acceptors (Lipinski definition) is 5. The Balaban J connectivity index is 1.68. The SMILES string of the molecule is CCc1cccc(-n2nnn(C)c2=O)c1COc1cc(C)c(-n2ccc(C)n2)cc1C. The summed E-state index contributed by atoms with van der Waals surface area (Å²) < 4.78 is 10.7. The zero-order valence-electron chi connectivity index (χ0n) is 18.5. The van der Waals surface area contributed by atoms with Gasteiger partial charge in [0.15, 0.2) is 0 Å². The van der Waals surface area contributed by atoms with Crippen LogP contribution in [0, 0.1) is 20.8 Å². The molecule has 2 heterocycles. The second-order valence-electron chi connectivity index (χ2n) is 7.66. The number of tetrazole rings is 1. The lowest BCUT2D eigenvalue weighted by molar-refractivity contribution is 0.302. The molecule has 0 saturated heterocycles. The fraction of sp³-hybridized carbons (Fsp3) is 0.304. The molecule has 0 saturated carbocycles. The van der Waals surface area contributed by atoms with Gasteiger partial charge in [0.25, 0.3) is 0 Å². The van der Waals surface area contributed by atoms with Gasteiger partial charge in [-0.05, 0) is 78.6 Å². The van der Waals surface area contributed by atoms with Gasteiger partial charge in [-0.3, -0.25) is 0 Å². The van der Waals surface area contributed by atoms with Crippen molar-refractivity contribution < 1.29 is 4.74 Å². The molecule has 0 N–H and O–H groups in total. The Morgan fingerprint density at radius 2 is 1.81 bits per heavy atom. The molecule has 8 heteroatoms. The van der Waals surface area contributed by atoms with Crippen LogP contribution < -0.4 is 10.4 Å². The van der Waals surface area contributed by atoms with Crippen LogP contribution in [0.15, 0.2) is 47.4 Å². The normalized spacial score (nSPS) is 11.1. The molecule has 4 aromatic rings. The number of ether oxygens (including phenoxy) is 1. The van der Waals surface area contributed by atoms with Gasteiger partial charge in [0.2, 0.25) is 0 Å². The van der Waals surface area contributed by atoms with Crippen molar-refractivity contribution in [3.8, 4) is 17.1 Å². The molecule has 0 aliphatic rings. The van der Waals surface area contributed by atoms with Crippen LogP contribution in [-0.4, -0.2) is 29.6 Å². The van der Waals surface area contributed by atoms with Gasteiger partial charge >= 0.3 is 5.69 Å². The summed E-state index contributed by atoms with van der Waals surface area (Å²) in [7, 11) is 1.58. The Hall–Kier alpha value is -3.68. The third-order valence-corrected chi connectivity index (χ3v) is 5.41. The molecule has 8 nitrogen and oxygen atoms in total. The molecule has 0 amide bonds. The highest BCUT2D eigenvalue weighted by Gasteiger charge is 2.16. The summed E-state index contributed by atoms with van der Waals surface area (Å²) in [5.41, 5.74) is 6.51. The predicted octanol–water partition coefficient (Wildman–Crippen LogP) is 3.22. The average Bonchev–Trinajstić information content (AvgIpc) is 3.33. The summed E-state index contributed by atoms with van der Waals surface area (Å²) in [6, 6.07) is 11.9. The van der Waals surface area contributed by atoms with E-state index in [9.17, 15) is 4.79 Å². The van der Waals surface area contributed by atoms with Crippen LogP contribution in [0.25, 0.3) is 11.4 Å². The van der Waals surface area contributed by atoms with Crippen molar-refractivity contribution in [3.63, 3.8) is 0 Å². The minimum absolute atomic E-state index is 0.291. The van der Waals surface area contributed by atoms with Crippen molar-refractivity contribution in [3.05, 3.63) is 81.0 Å². The van der Waals surface area contributed by atoms with E-state index in [-0.39, 0.29) is 5.69 Å². The molecule has 31 heavy (non-hydrogen) atoms. The highest BCUT2D eigenvalue weighted by molar-refractivity contribution is 5.50. The van der Waals surface area contributed by atoms with E-state index in [1.807, 2.05) is 62.0 Å². The monoisotopic (exact) mass is 418 g/mol. The van der Waals surface area contributed by atoms with Crippen LogP contribution >= 0.6 is 0 Å². The minimum Gasteiger partial charge on any atom is -0.489 e. The first-order chi connectivity index (χ1) is 14.9. The van der Waals surface area contributed by atoms with E-state index >= 15 is 0 Å². The van der Waals surface area contributed by atoms with E-state index in [0.29, 0.717) is 12.3 Å². The molecule has 0 aliphatic heterocycles. The van der Waals surface area contributed by atoms with Gasteiger partial charge in [-0.25, -0.2) is 9.48 Å². The summed E-state index contributed by atoms with van der Waals surface area (Å²) in [5, 5.41) is 12.4. The topological polar surface area (TPSA) is 79.8 Å². The van der Waals surface area contributed by atoms with Crippen molar-refractivity contribution in [2.45, 2.75) is 40.7 Å². The molecule has 160 valence electrons. The third-order valence-electron chi connectivity index (χ3n) is 5.41. The van der Waals surface area contributed by atoms with Crippen molar-refractivity contribution in [2.75, 3.05) is 0 Å². The minimum atomic E-state index is -0.291. The van der Waals surface area contributed by atoms with E-state index in [4.69, 9.17) is 4.74 Å². The van der Waals surface area contributed by atoms with Crippen molar-refractivity contribution in [2.24, 2.45) is 7.05 Å². The fourth-order valence-corrected chi connectivity index (χ4v) is 3.66. The zero-order valence-corrected chi connectivity index (χ0v) is 18.5. The Kier molecular flexibility index (Phi) is 5.46. The van der Waals surface area contributed by atoms with Gasteiger partial charge in [-0.1, -0.05) is 19.1 Å². The first-order valence-corrected chi connectivity index (χ1v) is 10.3. The standard InChI is InChI=1S/C23H26N6O2/c1-6-18-8-7-9-20(29-23(30)27(5)25-26-29)19(18)14-31-22-13-15(2)21(12-16(22)3)28-11-10-17(4)24-28/h7-13H,6,14H2,1-5H3. The Morgan fingerprint density at radius 3 is 2.45 bits per heavy atom. The highest BCUT2D eigenvalue weighted by atomic mass is 16.5. The van der Waals surface area contributed by atoms with Crippen molar-refractivity contribution >= 4 is 0 Å². The quantitative estimate of drug-likeness (QED) is 0.480. The lowest BCUT2D eigenvalue weighted by Crippen LogP contribution is -2.23. The summed E-state index contributed by atoms with van der Waals surface area (Å²) >= 11 is 0. The van der Waals surface area contributed by atoms with Crippen molar-refractivity contribution in [1.82, 2.24) is 29.6 Å². The summed E-state index contributed by atoms with van der Waals surface area (Å²) in [4.78, 5) is 12.4. The number of nitrogens with zero attached hydrogens (tertiary/aromatic N) is 6. The zero-order chi connectivity index (χ0) is 22.1. The lowest BCUT2D eigenvalue weighted by atomic mass is 10.0. The molecular formula is C23H26N6O2. The van der Waals surface area contributed by atoms with E-state index in [2.05, 4.69) is 28.5 Å². The molecule has 0 fully saturated rings. The van der Waals surface area contributed by atoms with Gasteiger partial charge in [0.1, 0.15) is 12.4 Å². The van der Waals surface area contributed by atoms with E-state index in [0.717, 1.165) is 45.8 Å². The third kappa shape index (κ3) is 3.88. The van der Waals surface area contributed by atoms with Gasteiger partial charge < -0.3 is 4.74 Å². The number of aryl methyl sites for hydroxylation is 5. The van der Waals surface area contributed by atoms with Crippen LogP contribution in [0.1, 0.15) is 34.9 Å². The number of aromatic nitrogens is 6. The van der Waals surface area contributed by atoms with Gasteiger partial charge in [0.05, 0.1) is 17.1 Å². The number of rotatable bonds is 6. The molecule has 0 radical (unpaired) electrons. The summed E-state index contributed by atoms with van der Waals surface area (Å²) in [6.07, 6.45) is 2.77. The molecule has 0 unspecified atom stereocenters. The van der Waals surface area contributed by atoms with Crippen LogP contribution in [0.4, 0.5) is 0 Å². The molecule has 0 atom stereocenters. The molecule has 0 spiro atoms. The van der Waals surface area contributed by atoms with E-state index in [1.54, 1.807) is 7.05 Å². The first kappa shape index (κ1) is 20.6. The van der Waals surface area contributed by atoms with Crippen molar-refractivity contribution in [1.29, 1.82) is 0 Å². The van der Waals surface area contributed by atoms with Gasteiger partial charge in [-0.2, -0.15) is 14.5 Å². The number of benzene rings is 2. The average molecular weight is 419 g/mol. The molecule has 2 aromatic heterocycles. The number of hydrogen-bond donors (Lipinski definition) is 0. The van der Waals surface area contributed by atoms with Crippen LogP contribution in [0.3, 0.4) is 0 Å². The molecule has 0 aliphatic carbocycles. The highest BCUT2D eigenvalue weighted by Crippen LogP contribution is 2.27. The maximum absolute atomic E-state index is 12.4. The second-order valence-corrected chi connectivity index (χ2v) is 7.66. The first-order valence-electron chi connectivity index (χ1n) is 10.3. The summed E-state index contributed by atoms with van der Waals surface area (Å²) in [5.74, 6) is 0.800. The largest absolute Gasteiger partial charge is 0.489 e. The molecule has 2 aromatic carbocycles. The molecular weight excluding hydrogens is 392 g/mol. The smallest absolute Gasteiger partial charge is 0.368 e. The summed E-state index contributed by atoms with van der Waals surface area (Å²) in [6.45, 7) is 8.44. The fourth-order valence-electron chi connectivity index (χ4n) is 3.66. The van der Waals surface area contributed by atoms with E-state index in [1.165, 1.54) is 9.36 Å². The maximum Gasteiger partial charge on any atom is 0.368 e. The van der Waals surface area contributed by atoms with E-state index < -0.39 is 0 Å². The lowest BCUT2D eigenvalue weighted by Gasteiger charge is -2.17. The Bertz CT molecular complexity index is 1300. The molecule has 0 bridgehead atoms. The molecule has 4 rings (SSSR count). The maximum atomic E-state index is 12.4. The second kappa shape index (κ2) is 8.22. The van der Waals surface area contributed by atoms with Crippen LogP contribution in [-0.2, 0) is 20.1 Å². The van der Waals surface area contributed by atoms with Crippen LogP contribution in [0.5, 0.6) is 5.75 Å². The van der Waals surface area contributed by atoms with Crippen LogP contribution in [0.2, 0.25) is 0 Å². The van der Waals surface area contributed by atoms with Gasteiger partial charge in [0, 0.05) is 18.8 Å². The Labute approximate surface area is 180 Å². The Morgan fingerprint density at radius 1 is 1.00 bits per heavy atom. The van der Waals surface area contributed by atoms with Gasteiger partial charge in [-0.15, -0.1) is 0 Å².